The molecule has 0 fully saturated rings. The number of anilines is 1. The summed E-state index contributed by atoms with van der Waals surface area (Å²) in [6.07, 6.45) is 1.34. The van der Waals surface area contributed by atoms with Crippen LogP contribution in [0, 0.1) is 11.3 Å². The van der Waals surface area contributed by atoms with Crippen molar-refractivity contribution in [1.82, 2.24) is 4.90 Å². The Morgan fingerprint density at radius 3 is 2.80 bits per heavy atom. The Balaban J connectivity index is 2.52. The number of para-hydroxylation sites is 1. The lowest BCUT2D eigenvalue weighted by Gasteiger charge is -2.21. The standard InChI is InChI=1S/C15H21N3O2/c1-20-12-11-18(10-4-9-16)15(19)8-7-13-5-2-3-6-14(13)17/h2-3,5-6H,4,7-8,10-12,17H2,1H3. The van der Waals surface area contributed by atoms with Crippen LogP contribution < -0.4 is 5.73 Å². The highest BCUT2D eigenvalue weighted by Gasteiger charge is 2.13. The largest absolute Gasteiger partial charge is 0.399 e. The van der Waals surface area contributed by atoms with Gasteiger partial charge in [-0.05, 0) is 18.1 Å². The Hall–Kier alpha value is -2.06. The van der Waals surface area contributed by atoms with Crippen LogP contribution in [0.2, 0.25) is 0 Å². The normalized spacial score (nSPS) is 10.0. The summed E-state index contributed by atoms with van der Waals surface area (Å²) >= 11 is 0. The molecular formula is C15H21N3O2. The third-order valence-electron chi connectivity index (χ3n) is 3.07. The van der Waals surface area contributed by atoms with Crippen molar-refractivity contribution in [3.63, 3.8) is 0 Å². The highest BCUT2D eigenvalue weighted by atomic mass is 16.5. The fourth-order valence-electron chi connectivity index (χ4n) is 1.91. The fraction of sp³-hybridized carbons (Fsp3) is 0.467. The van der Waals surface area contributed by atoms with Gasteiger partial charge < -0.3 is 15.4 Å². The quantitative estimate of drug-likeness (QED) is 0.731. The Kier molecular flexibility index (Phi) is 7.15. The number of nitrogens with zero attached hydrogens (tertiary/aromatic N) is 2. The van der Waals surface area contributed by atoms with E-state index < -0.39 is 0 Å². The van der Waals surface area contributed by atoms with Gasteiger partial charge in [-0.3, -0.25) is 4.79 Å². The average molecular weight is 275 g/mol. The Labute approximate surface area is 119 Å². The average Bonchev–Trinajstić information content (AvgIpc) is 2.46. The third-order valence-corrected chi connectivity index (χ3v) is 3.07. The maximum atomic E-state index is 12.2. The number of aryl methyl sites for hydroxylation is 1. The molecule has 1 rings (SSSR count). The molecule has 1 aromatic rings. The van der Waals surface area contributed by atoms with Crippen molar-refractivity contribution in [2.75, 3.05) is 32.5 Å². The number of carbonyl (C=O) groups is 1. The zero-order valence-electron chi connectivity index (χ0n) is 11.8. The van der Waals surface area contributed by atoms with Crippen molar-refractivity contribution < 1.29 is 9.53 Å². The molecule has 0 heterocycles. The van der Waals surface area contributed by atoms with Crippen LogP contribution in [0.5, 0.6) is 0 Å². The number of amides is 1. The van der Waals surface area contributed by atoms with E-state index in [4.69, 9.17) is 15.7 Å². The SMILES string of the molecule is COCCN(CCC#N)C(=O)CCc1ccccc1N. The fourth-order valence-corrected chi connectivity index (χ4v) is 1.91. The van der Waals surface area contributed by atoms with Gasteiger partial charge in [0.25, 0.3) is 0 Å². The van der Waals surface area contributed by atoms with Crippen molar-refractivity contribution >= 4 is 11.6 Å². The van der Waals surface area contributed by atoms with E-state index in [1.807, 2.05) is 24.3 Å². The minimum Gasteiger partial charge on any atom is -0.399 e. The second kappa shape index (κ2) is 8.94. The minimum atomic E-state index is 0.0283. The number of carbonyl (C=O) groups excluding carboxylic acids is 1. The predicted molar refractivity (Wildman–Crippen MR) is 77.9 cm³/mol. The molecule has 0 bridgehead atoms. The highest BCUT2D eigenvalue weighted by Crippen LogP contribution is 2.13. The van der Waals surface area contributed by atoms with Crippen molar-refractivity contribution in [3.8, 4) is 6.07 Å². The summed E-state index contributed by atoms with van der Waals surface area (Å²) in [5.41, 5.74) is 7.54. The van der Waals surface area contributed by atoms with Crippen LogP contribution in [0.4, 0.5) is 5.69 Å². The van der Waals surface area contributed by atoms with Crippen molar-refractivity contribution in [2.24, 2.45) is 0 Å². The molecule has 108 valence electrons. The van der Waals surface area contributed by atoms with Crippen LogP contribution in [0.3, 0.4) is 0 Å². The van der Waals surface area contributed by atoms with Crippen LogP contribution in [-0.2, 0) is 16.0 Å². The van der Waals surface area contributed by atoms with Gasteiger partial charge in [0.05, 0.1) is 19.1 Å². The van der Waals surface area contributed by atoms with Crippen LogP contribution in [0.15, 0.2) is 24.3 Å². The second-order valence-electron chi connectivity index (χ2n) is 4.48. The number of ether oxygens (including phenoxy) is 1. The molecule has 0 unspecified atom stereocenters. The van der Waals surface area contributed by atoms with Gasteiger partial charge in [-0.25, -0.2) is 0 Å². The van der Waals surface area contributed by atoms with E-state index in [2.05, 4.69) is 6.07 Å². The molecule has 1 aromatic carbocycles. The van der Waals surface area contributed by atoms with Crippen LogP contribution in [0.25, 0.3) is 0 Å². The van der Waals surface area contributed by atoms with Crippen molar-refractivity contribution in [1.29, 1.82) is 5.26 Å². The van der Waals surface area contributed by atoms with E-state index in [0.717, 1.165) is 5.56 Å². The first-order chi connectivity index (χ1) is 9.69. The Morgan fingerprint density at radius 2 is 2.15 bits per heavy atom. The molecule has 0 aliphatic heterocycles. The van der Waals surface area contributed by atoms with E-state index in [0.29, 0.717) is 44.6 Å². The van der Waals surface area contributed by atoms with Gasteiger partial charge in [0.1, 0.15) is 0 Å². The molecule has 1 amide bonds. The van der Waals surface area contributed by atoms with Gasteiger partial charge in [0, 0.05) is 32.3 Å². The number of nitrogen functional groups attached to an aromatic ring is 1. The van der Waals surface area contributed by atoms with E-state index in [-0.39, 0.29) is 5.91 Å². The number of methoxy groups -OCH3 is 1. The Bertz CT molecular complexity index is 468. The maximum Gasteiger partial charge on any atom is 0.223 e. The van der Waals surface area contributed by atoms with E-state index in [1.165, 1.54) is 0 Å². The van der Waals surface area contributed by atoms with Crippen LogP contribution in [0.1, 0.15) is 18.4 Å². The predicted octanol–water partition coefficient (Wildman–Crippen LogP) is 1.59. The summed E-state index contributed by atoms with van der Waals surface area (Å²) in [4.78, 5) is 13.8. The summed E-state index contributed by atoms with van der Waals surface area (Å²) in [7, 11) is 1.59. The van der Waals surface area contributed by atoms with Gasteiger partial charge >= 0.3 is 0 Å². The highest BCUT2D eigenvalue weighted by molar-refractivity contribution is 5.76. The first-order valence-corrected chi connectivity index (χ1v) is 6.66. The van der Waals surface area contributed by atoms with Gasteiger partial charge in [0.2, 0.25) is 5.91 Å². The van der Waals surface area contributed by atoms with Crippen molar-refractivity contribution in [2.45, 2.75) is 19.3 Å². The number of hydrogen-bond acceptors (Lipinski definition) is 4. The van der Waals surface area contributed by atoms with Crippen molar-refractivity contribution in [3.05, 3.63) is 29.8 Å². The van der Waals surface area contributed by atoms with Gasteiger partial charge in [-0.2, -0.15) is 5.26 Å². The molecule has 2 N–H and O–H groups in total. The van der Waals surface area contributed by atoms with E-state index >= 15 is 0 Å². The third kappa shape index (κ3) is 5.29. The lowest BCUT2D eigenvalue weighted by molar-refractivity contribution is -0.131. The molecule has 0 aromatic heterocycles. The maximum absolute atomic E-state index is 12.2. The monoisotopic (exact) mass is 275 g/mol. The number of nitriles is 1. The smallest absolute Gasteiger partial charge is 0.223 e. The molecule has 20 heavy (non-hydrogen) atoms. The summed E-state index contributed by atoms with van der Waals surface area (Å²) < 4.78 is 4.99. The molecule has 0 spiro atoms. The zero-order chi connectivity index (χ0) is 14.8. The summed E-state index contributed by atoms with van der Waals surface area (Å²) in [6, 6.07) is 9.60. The zero-order valence-corrected chi connectivity index (χ0v) is 11.8. The van der Waals surface area contributed by atoms with Gasteiger partial charge in [-0.1, -0.05) is 18.2 Å². The molecule has 0 aliphatic carbocycles. The molecule has 0 saturated carbocycles. The van der Waals surface area contributed by atoms with Gasteiger partial charge in [0.15, 0.2) is 0 Å². The topological polar surface area (TPSA) is 79.3 Å². The van der Waals surface area contributed by atoms with Crippen LogP contribution in [-0.4, -0.2) is 37.6 Å². The van der Waals surface area contributed by atoms with Gasteiger partial charge in [-0.15, -0.1) is 0 Å². The van der Waals surface area contributed by atoms with E-state index in [1.54, 1.807) is 12.0 Å². The lowest BCUT2D eigenvalue weighted by Crippen LogP contribution is -2.34. The number of hydrogen-bond donors (Lipinski definition) is 1. The molecule has 0 saturated heterocycles. The molecule has 5 nitrogen and oxygen atoms in total. The Morgan fingerprint density at radius 1 is 1.40 bits per heavy atom. The first-order valence-electron chi connectivity index (χ1n) is 6.66. The molecule has 0 radical (unpaired) electrons. The molecular weight excluding hydrogens is 254 g/mol. The number of rotatable bonds is 8. The molecule has 0 atom stereocenters. The summed E-state index contributed by atoms with van der Waals surface area (Å²) in [6.45, 7) is 1.44. The minimum absolute atomic E-state index is 0.0283. The molecule has 5 heteroatoms. The van der Waals surface area contributed by atoms with E-state index in [9.17, 15) is 4.79 Å². The number of benzene rings is 1. The lowest BCUT2D eigenvalue weighted by atomic mass is 10.1. The second-order valence-corrected chi connectivity index (χ2v) is 4.48. The first kappa shape index (κ1) is 16.0. The summed E-state index contributed by atoms with van der Waals surface area (Å²) in [5.74, 6) is 0.0283. The van der Waals surface area contributed by atoms with Crippen LogP contribution >= 0.6 is 0 Å². The number of nitrogens with two attached hydrogens (primary N) is 1. The molecule has 0 aliphatic rings. The summed E-state index contributed by atoms with van der Waals surface area (Å²) in [5, 5.41) is 8.63.